The lowest BCUT2D eigenvalue weighted by Crippen LogP contribution is -2.06. The standard InChI is InChI=1S/C24H16O4/c25-23(19-14-8-3-9-15-19)28-22-20(16-17-10-4-1-5-11-17)27-24(26)21(22)18-12-6-2-7-13-18/h1-16H/b20-16-. The zero-order valence-electron chi connectivity index (χ0n) is 14.9. The molecule has 0 N–H and O–H groups in total. The van der Waals surface area contributed by atoms with Crippen LogP contribution in [0.25, 0.3) is 11.6 Å². The van der Waals surface area contributed by atoms with Crippen molar-refractivity contribution in [1.82, 2.24) is 0 Å². The molecular formula is C24H16O4. The van der Waals surface area contributed by atoms with E-state index in [1.807, 2.05) is 54.6 Å². The summed E-state index contributed by atoms with van der Waals surface area (Å²) < 4.78 is 11.1. The SMILES string of the molecule is O=C1O/C(=C\c2ccccc2)C(OC(=O)c2ccccc2)=C1c1ccccc1. The summed E-state index contributed by atoms with van der Waals surface area (Å²) in [6.45, 7) is 0. The fraction of sp³-hybridized carbons (Fsp3) is 0. The van der Waals surface area contributed by atoms with Crippen molar-refractivity contribution in [3.63, 3.8) is 0 Å². The van der Waals surface area contributed by atoms with Crippen molar-refractivity contribution in [2.24, 2.45) is 0 Å². The van der Waals surface area contributed by atoms with E-state index in [1.165, 1.54) is 0 Å². The van der Waals surface area contributed by atoms with Gasteiger partial charge in [0.05, 0.1) is 5.56 Å². The number of rotatable bonds is 4. The number of hydrogen-bond acceptors (Lipinski definition) is 4. The van der Waals surface area contributed by atoms with E-state index in [9.17, 15) is 9.59 Å². The summed E-state index contributed by atoms with van der Waals surface area (Å²) in [7, 11) is 0. The average Bonchev–Trinajstić information content (AvgIpc) is 3.04. The van der Waals surface area contributed by atoms with Crippen LogP contribution in [-0.2, 0) is 14.3 Å². The molecule has 0 aromatic heterocycles. The largest absolute Gasteiger partial charge is 0.419 e. The minimum atomic E-state index is -0.554. The molecule has 4 heteroatoms. The van der Waals surface area contributed by atoms with Crippen LogP contribution in [0.5, 0.6) is 0 Å². The summed E-state index contributed by atoms with van der Waals surface area (Å²) in [6, 6.07) is 27.0. The number of cyclic esters (lactones) is 1. The molecular weight excluding hydrogens is 352 g/mol. The molecule has 1 aliphatic rings. The third kappa shape index (κ3) is 3.62. The Hall–Kier alpha value is -3.92. The molecule has 0 fully saturated rings. The number of esters is 2. The van der Waals surface area contributed by atoms with Gasteiger partial charge in [0.15, 0.2) is 11.5 Å². The maximum atomic E-state index is 12.6. The summed E-state index contributed by atoms with van der Waals surface area (Å²) in [5.74, 6) is -0.779. The van der Waals surface area contributed by atoms with Gasteiger partial charge in [-0.1, -0.05) is 78.9 Å². The summed E-state index contributed by atoms with van der Waals surface area (Å²) in [5, 5.41) is 0. The molecule has 0 saturated carbocycles. The highest BCUT2D eigenvalue weighted by molar-refractivity contribution is 6.21. The van der Waals surface area contributed by atoms with Crippen molar-refractivity contribution in [3.8, 4) is 0 Å². The predicted octanol–water partition coefficient (Wildman–Crippen LogP) is 4.85. The number of ether oxygens (including phenoxy) is 2. The average molecular weight is 368 g/mol. The predicted molar refractivity (Wildman–Crippen MR) is 106 cm³/mol. The zero-order chi connectivity index (χ0) is 19.3. The Morgan fingerprint density at radius 2 is 1.36 bits per heavy atom. The molecule has 0 aliphatic carbocycles. The lowest BCUT2D eigenvalue weighted by Gasteiger charge is -2.07. The van der Waals surface area contributed by atoms with E-state index in [-0.39, 0.29) is 17.1 Å². The van der Waals surface area contributed by atoms with E-state index in [4.69, 9.17) is 9.47 Å². The summed E-state index contributed by atoms with van der Waals surface area (Å²) in [6.07, 6.45) is 1.68. The normalized spacial score (nSPS) is 14.9. The summed E-state index contributed by atoms with van der Waals surface area (Å²) in [4.78, 5) is 25.2. The van der Waals surface area contributed by atoms with Gasteiger partial charge in [-0.25, -0.2) is 9.59 Å². The Labute approximate surface area is 162 Å². The molecule has 0 unspecified atom stereocenters. The van der Waals surface area contributed by atoms with E-state index < -0.39 is 11.9 Å². The summed E-state index contributed by atoms with van der Waals surface area (Å²) in [5.41, 5.74) is 2.07. The van der Waals surface area contributed by atoms with E-state index in [2.05, 4.69) is 0 Å². The topological polar surface area (TPSA) is 52.6 Å². The lowest BCUT2D eigenvalue weighted by atomic mass is 10.0. The van der Waals surface area contributed by atoms with Crippen molar-refractivity contribution in [2.75, 3.05) is 0 Å². The molecule has 0 saturated heterocycles. The number of benzene rings is 3. The molecule has 0 amide bonds. The molecule has 4 nitrogen and oxygen atoms in total. The molecule has 3 aromatic carbocycles. The zero-order valence-corrected chi connectivity index (χ0v) is 14.9. The van der Waals surface area contributed by atoms with Crippen molar-refractivity contribution in [1.29, 1.82) is 0 Å². The Morgan fingerprint density at radius 3 is 2.00 bits per heavy atom. The van der Waals surface area contributed by atoms with E-state index >= 15 is 0 Å². The molecule has 0 radical (unpaired) electrons. The maximum Gasteiger partial charge on any atom is 0.348 e. The lowest BCUT2D eigenvalue weighted by molar-refractivity contribution is -0.131. The smallest absolute Gasteiger partial charge is 0.348 e. The van der Waals surface area contributed by atoms with Crippen molar-refractivity contribution >= 4 is 23.6 Å². The minimum absolute atomic E-state index is 0.119. The van der Waals surface area contributed by atoms with Gasteiger partial charge in [-0.3, -0.25) is 0 Å². The second-order valence-corrected chi connectivity index (χ2v) is 6.13. The first-order valence-electron chi connectivity index (χ1n) is 8.78. The molecule has 0 atom stereocenters. The van der Waals surface area contributed by atoms with Gasteiger partial charge in [-0.15, -0.1) is 0 Å². The van der Waals surface area contributed by atoms with E-state index in [1.54, 1.807) is 42.5 Å². The second kappa shape index (κ2) is 7.76. The Bertz CT molecular complexity index is 1070. The second-order valence-electron chi connectivity index (χ2n) is 6.13. The van der Waals surface area contributed by atoms with Crippen LogP contribution < -0.4 is 0 Å². The van der Waals surface area contributed by atoms with Gasteiger partial charge in [-0.05, 0) is 29.3 Å². The van der Waals surface area contributed by atoms with Crippen LogP contribution >= 0.6 is 0 Å². The van der Waals surface area contributed by atoms with Gasteiger partial charge in [-0.2, -0.15) is 0 Å². The monoisotopic (exact) mass is 368 g/mol. The minimum Gasteiger partial charge on any atom is -0.419 e. The fourth-order valence-corrected chi connectivity index (χ4v) is 2.89. The molecule has 1 aliphatic heterocycles. The van der Waals surface area contributed by atoms with Gasteiger partial charge >= 0.3 is 11.9 Å². The van der Waals surface area contributed by atoms with Crippen LogP contribution in [0.2, 0.25) is 0 Å². The first-order chi connectivity index (χ1) is 13.7. The van der Waals surface area contributed by atoms with Gasteiger partial charge in [0.1, 0.15) is 5.57 Å². The highest BCUT2D eigenvalue weighted by Crippen LogP contribution is 2.35. The molecule has 0 spiro atoms. The van der Waals surface area contributed by atoms with Gasteiger partial charge in [0.25, 0.3) is 0 Å². The molecule has 3 aromatic rings. The molecule has 28 heavy (non-hydrogen) atoms. The quantitative estimate of drug-likeness (QED) is 0.618. The number of carbonyl (C=O) groups is 2. The van der Waals surface area contributed by atoms with Crippen molar-refractivity contribution in [3.05, 3.63) is 119 Å². The Balaban J connectivity index is 1.79. The number of hydrogen-bond donors (Lipinski definition) is 0. The highest BCUT2D eigenvalue weighted by Gasteiger charge is 2.34. The van der Waals surface area contributed by atoms with Crippen LogP contribution in [0.4, 0.5) is 0 Å². The molecule has 0 bridgehead atoms. The maximum absolute atomic E-state index is 12.6. The van der Waals surface area contributed by atoms with E-state index in [0.717, 1.165) is 5.56 Å². The van der Waals surface area contributed by atoms with Crippen LogP contribution in [0.15, 0.2) is 103 Å². The van der Waals surface area contributed by atoms with Crippen LogP contribution in [0.1, 0.15) is 21.5 Å². The third-order valence-electron chi connectivity index (χ3n) is 4.22. The Kier molecular flexibility index (Phi) is 4.85. The molecule has 136 valence electrons. The van der Waals surface area contributed by atoms with Crippen molar-refractivity contribution in [2.45, 2.75) is 0 Å². The van der Waals surface area contributed by atoms with Gasteiger partial charge in [0, 0.05) is 0 Å². The van der Waals surface area contributed by atoms with Crippen LogP contribution in [0.3, 0.4) is 0 Å². The van der Waals surface area contributed by atoms with Crippen LogP contribution in [-0.4, -0.2) is 11.9 Å². The first-order valence-corrected chi connectivity index (χ1v) is 8.78. The van der Waals surface area contributed by atoms with Crippen molar-refractivity contribution < 1.29 is 19.1 Å². The summed E-state index contributed by atoms with van der Waals surface area (Å²) >= 11 is 0. The fourth-order valence-electron chi connectivity index (χ4n) is 2.89. The molecule has 1 heterocycles. The number of carbonyl (C=O) groups excluding carboxylic acids is 2. The third-order valence-corrected chi connectivity index (χ3v) is 4.22. The Morgan fingerprint density at radius 1 is 0.786 bits per heavy atom. The van der Waals surface area contributed by atoms with Crippen LogP contribution in [0, 0.1) is 0 Å². The van der Waals surface area contributed by atoms with Gasteiger partial charge in [0.2, 0.25) is 0 Å². The highest BCUT2D eigenvalue weighted by atomic mass is 16.6. The molecule has 4 rings (SSSR count). The van der Waals surface area contributed by atoms with E-state index in [0.29, 0.717) is 11.1 Å². The first kappa shape index (κ1) is 17.5. The van der Waals surface area contributed by atoms with Gasteiger partial charge < -0.3 is 9.47 Å².